The van der Waals surface area contributed by atoms with Gasteiger partial charge in [0.2, 0.25) is 0 Å². The molecule has 1 aromatic rings. The first-order valence-electron chi connectivity index (χ1n) is 4.81. The van der Waals surface area contributed by atoms with Crippen LogP contribution in [0.3, 0.4) is 0 Å². The molecular formula is C12H17N. The van der Waals surface area contributed by atoms with Gasteiger partial charge in [0.05, 0.1) is 6.54 Å². The summed E-state index contributed by atoms with van der Waals surface area (Å²) < 4.78 is 0. The van der Waals surface area contributed by atoms with E-state index in [-0.39, 0.29) is 0 Å². The van der Waals surface area contributed by atoms with E-state index in [4.69, 9.17) is 0 Å². The van der Waals surface area contributed by atoms with Crippen LogP contribution in [0.1, 0.15) is 25.8 Å². The number of benzene rings is 1. The van der Waals surface area contributed by atoms with E-state index >= 15 is 0 Å². The summed E-state index contributed by atoms with van der Waals surface area (Å²) in [7, 11) is 0. The molecule has 0 aliphatic carbocycles. The molecule has 0 amide bonds. The van der Waals surface area contributed by atoms with E-state index in [1.165, 1.54) is 5.56 Å². The van der Waals surface area contributed by atoms with Crippen molar-refractivity contribution in [2.75, 3.05) is 0 Å². The van der Waals surface area contributed by atoms with Crippen LogP contribution in [0, 0.1) is 5.92 Å². The Morgan fingerprint density at radius 3 is 2.54 bits per heavy atom. The largest absolute Gasteiger partial charge is 0.293 e. The van der Waals surface area contributed by atoms with Crippen molar-refractivity contribution in [1.29, 1.82) is 0 Å². The zero-order chi connectivity index (χ0) is 9.52. The monoisotopic (exact) mass is 175 g/mol. The second-order valence-electron chi connectivity index (χ2n) is 3.64. The van der Waals surface area contributed by atoms with Gasteiger partial charge in [-0.05, 0) is 24.1 Å². The lowest BCUT2D eigenvalue weighted by molar-refractivity contribution is 0.689. The minimum atomic E-state index is 0.708. The highest BCUT2D eigenvalue weighted by Crippen LogP contribution is 2.01. The molecule has 13 heavy (non-hydrogen) atoms. The molecule has 0 aromatic heterocycles. The molecule has 0 unspecified atom stereocenters. The van der Waals surface area contributed by atoms with Gasteiger partial charge in [-0.15, -0.1) is 0 Å². The minimum Gasteiger partial charge on any atom is -0.293 e. The Labute approximate surface area is 80.5 Å². The third-order valence-electron chi connectivity index (χ3n) is 1.82. The van der Waals surface area contributed by atoms with Crippen LogP contribution in [0.15, 0.2) is 35.3 Å². The molecule has 1 nitrogen and oxygen atoms in total. The summed E-state index contributed by atoms with van der Waals surface area (Å²) in [4.78, 5) is 4.36. The fraction of sp³-hybridized carbons (Fsp3) is 0.417. The maximum absolute atomic E-state index is 4.36. The highest BCUT2D eigenvalue weighted by molar-refractivity contribution is 5.57. The molecule has 0 heterocycles. The smallest absolute Gasteiger partial charge is 0.0635 e. The standard InChI is InChI=1S/C12H17N/c1-11(2)8-9-13-10-12-6-4-3-5-7-12/h3-7,9,11H,8,10H2,1-2H3. The lowest BCUT2D eigenvalue weighted by atomic mass is 10.1. The van der Waals surface area contributed by atoms with Gasteiger partial charge in [-0.1, -0.05) is 44.2 Å². The van der Waals surface area contributed by atoms with E-state index in [9.17, 15) is 0 Å². The van der Waals surface area contributed by atoms with Crippen LogP contribution in [0.2, 0.25) is 0 Å². The second kappa shape index (κ2) is 5.52. The van der Waals surface area contributed by atoms with Gasteiger partial charge < -0.3 is 0 Å². The zero-order valence-electron chi connectivity index (χ0n) is 8.40. The lowest BCUT2D eigenvalue weighted by Gasteiger charge is -1.97. The molecule has 0 radical (unpaired) electrons. The van der Waals surface area contributed by atoms with Crippen LogP contribution >= 0.6 is 0 Å². The fourth-order valence-corrected chi connectivity index (χ4v) is 1.04. The SMILES string of the molecule is CC(C)CC=NCc1ccccc1. The lowest BCUT2D eigenvalue weighted by Crippen LogP contribution is -1.88. The summed E-state index contributed by atoms with van der Waals surface area (Å²) in [6, 6.07) is 10.3. The number of hydrogen-bond donors (Lipinski definition) is 0. The van der Waals surface area contributed by atoms with Gasteiger partial charge in [0.15, 0.2) is 0 Å². The second-order valence-corrected chi connectivity index (χ2v) is 3.64. The molecule has 0 aliphatic rings. The average Bonchev–Trinajstić information content (AvgIpc) is 2.14. The van der Waals surface area contributed by atoms with Crippen molar-refractivity contribution in [3.63, 3.8) is 0 Å². The van der Waals surface area contributed by atoms with Gasteiger partial charge in [0, 0.05) is 0 Å². The Hall–Kier alpha value is -1.11. The topological polar surface area (TPSA) is 12.4 Å². The Morgan fingerprint density at radius 1 is 1.23 bits per heavy atom. The van der Waals surface area contributed by atoms with Crippen molar-refractivity contribution in [3.05, 3.63) is 35.9 Å². The molecule has 0 atom stereocenters. The first-order chi connectivity index (χ1) is 6.29. The van der Waals surface area contributed by atoms with E-state index in [0.717, 1.165) is 13.0 Å². The molecular weight excluding hydrogens is 158 g/mol. The van der Waals surface area contributed by atoms with Crippen LogP contribution < -0.4 is 0 Å². The number of rotatable bonds is 4. The fourth-order valence-electron chi connectivity index (χ4n) is 1.04. The Kier molecular flexibility index (Phi) is 4.24. The molecule has 1 aromatic carbocycles. The van der Waals surface area contributed by atoms with Crippen LogP contribution in [-0.2, 0) is 6.54 Å². The first-order valence-corrected chi connectivity index (χ1v) is 4.81. The molecule has 0 N–H and O–H groups in total. The highest BCUT2D eigenvalue weighted by Gasteiger charge is 1.89. The molecule has 1 heteroatoms. The first kappa shape index (κ1) is 9.97. The molecule has 0 saturated heterocycles. The maximum Gasteiger partial charge on any atom is 0.0635 e. The molecule has 0 fully saturated rings. The molecule has 0 spiro atoms. The molecule has 1 rings (SSSR count). The molecule has 0 saturated carbocycles. The Morgan fingerprint density at radius 2 is 1.92 bits per heavy atom. The van der Waals surface area contributed by atoms with E-state index in [2.05, 4.69) is 31.0 Å². The van der Waals surface area contributed by atoms with Crippen LogP contribution in [0.25, 0.3) is 0 Å². The van der Waals surface area contributed by atoms with Gasteiger partial charge in [-0.3, -0.25) is 4.99 Å². The Balaban J connectivity index is 2.31. The number of nitrogens with zero attached hydrogens (tertiary/aromatic N) is 1. The van der Waals surface area contributed by atoms with Crippen molar-refractivity contribution in [2.24, 2.45) is 10.9 Å². The summed E-state index contributed by atoms with van der Waals surface area (Å²) in [5.41, 5.74) is 1.28. The van der Waals surface area contributed by atoms with Crippen molar-refractivity contribution in [2.45, 2.75) is 26.8 Å². The normalized spacial score (nSPS) is 11.3. The van der Waals surface area contributed by atoms with Crippen LogP contribution in [0.5, 0.6) is 0 Å². The van der Waals surface area contributed by atoms with E-state index < -0.39 is 0 Å². The van der Waals surface area contributed by atoms with Crippen molar-refractivity contribution < 1.29 is 0 Å². The van der Waals surface area contributed by atoms with E-state index in [0.29, 0.717) is 5.92 Å². The summed E-state index contributed by atoms with van der Waals surface area (Å²) in [5, 5.41) is 0. The van der Waals surface area contributed by atoms with Gasteiger partial charge >= 0.3 is 0 Å². The Bertz CT molecular complexity index is 249. The van der Waals surface area contributed by atoms with Crippen molar-refractivity contribution >= 4 is 6.21 Å². The third-order valence-corrected chi connectivity index (χ3v) is 1.82. The predicted octanol–water partition coefficient (Wildman–Crippen LogP) is 3.30. The van der Waals surface area contributed by atoms with Crippen molar-refractivity contribution in [3.8, 4) is 0 Å². The van der Waals surface area contributed by atoms with E-state index in [1.54, 1.807) is 0 Å². The van der Waals surface area contributed by atoms with Gasteiger partial charge in [0.25, 0.3) is 0 Å². The summed E-state index contributed by atoms with van der Waals surface area (Å²) >= 11 is 0. The van der Waals surface area contributed by atoms with Gasteiger partial charge in [0.1, 0.15) is 0 Å². The predicted molar refractivity (Wildman–Crippen MR) is 58.1 cm³/mol. The summed E-state index contributed by atoms with van der Waals surface area (Å²) in [5.74, 6) is 0.708. The zero-order valence-corrected chi connectivity index (χ0v) is 8.40. The van der Waals surface area contributed by atoms with Crippen LogP contribution in [-0.4, -0.2) is 6.21 Å². The molecule has 0 bridgehead atoms. The highest BCUT2D eigenvalue weighted by atomic mass is 14.7. The van der Waals surface area contributed by atoms with Gasteiger partial charge in [-0.25, -0.2) is 0 Å². The van der Waals surface area contributed by atoms with Gasteiger partial charge in [-0.2, -0.15) is 0 Å². The minimum absolute atomic E-state index is 0.708. The summed E-state index contributed by atoms with van der Waals surface area (Å²) in [6.07, 6.45) is 3.10. The van der Waals surface area contributed by atoms with E-state index in [1.807, 2.05) is 24.4 Å². The third kappa shape index (κ3) is 4.46. The molecule has 70 valence electrons. The quantitative estimate of drug-likeness (QED) is 0.622. The number of aliphatic imine (C=N–C) groups is 1. The van der Waals surface area contributed by atoms with Crippen molar-refractivity contribution in [1.82, 2.24) is 0 Å². The molecule has 0 aliphatic heterocycles. The van der Waals surface area contributed by atoms with Crippen LogP contribution in [0.4, 0.5) is 0 Å². The maximum atomic E-state index is 4.36. The average molecular weight is 175 g/mol. The summed E-state index contributed by atoms with van der Waals surface area (Å²) in [6.45, 7) is 5.22. The number of hydrogen-bond acceptors (Lipinski definition) is 1.